The van der Waals surface area contributed by atoms with E-state index in [1.165, 1.54) is 17.1 Å². The van der Waals surface area contributed by atoms with E-state index in [1.807, 2.05) is 18.2 Å². The molecule has 2 heterocycles. The second kappa shape index (κ2) is 9.03. The van der Waals surface area contributed by atoms with E-state index in [0.29, 0.717) is 18.0 Å². The third kappa shape index (κ3) is 4.80. The monoisotopic (exact) mass is 416 g/mol. The molecule has 10 heteroatoms. The lowest BCUT2D eigenvalue weighted by molar-refractivity contribution is 0.122. The molecular formula is C17H25ClN4O4S. The zero-order valence-corrected chi connectivity index (χ0v) is 17.0. The van der Waals surface area contributed by atoms with Crippen molar-refractivity contribution < 1.29 is 17.9 Å². The molecule has 1 saturated heterocycles. The topological polar surface area (TPSA) is 94.5 Å². The fourth-order valence-electron chi connectivity index (χ4n) is 3.18. The van der Waals surface area contributed by atoms with Crippen molar-refractivity contribution in [2.45, 2.75) is 23.3 Å². The molecule has 0 amide bonds. The van der Waals surface area contributed by atoms with Crippen molar-refractivity contribution in [3.05, 3.63) is 36.7 Å². The van der Waals surface area contributed by atoms with Crippen LogP contribution in [0.2, 0.25) is 0 Å². The molecule has 8 nitrogen and oxygen atoms in total. The normalized spacial score (nSPS) is 19.6. The van der Waals surface area contributed by atoms with Crippen molar-refractivity contribution in [1.29, 1.82) is 0 Å². The fourth-order valence-corrected chi connectivity index (χ4v) is 4.24. The first-order valence-corrected chi connectivity index (χ1v) is 9.90. The molecule has 1 aromatic heterocycles. The minimum Gasteiger partial charge on any atom is -0.494 e. The molecule has 150 valence electrons. The minimum absolute atomic E-state index is 0. The average Bonchev–Trinajstić information content (AvgIpc) is 3.31. The molecule has 0 radical (unpaired) electrons. The smallest absolute Gasteiger partial charge is 0.243 e. The highest BCUT2D eigenvalue weighted by atomic mass is 35.5. The second-order valence-corrected chi connectivity index (χ2v) is 8.13. The van der Waals surface area contributed by atoms with Crippen LogP contribution in [0, 0.1) is 0 Å². The van der Waals surface area contributed by atoms with Crippen molar-refractivity contribution in [2.24, 2.45) is 0 Å². The van der Waals surface area contributed by atoms with Crippen LogP contribution in [-0.2, 0) is 14.8 Å². The third-order valence-electron chi connectivity index (χ3n) is 4.55. The van der Waals surface area contributed by atoms with Crippen LogP contribution in [0.25, 0.3) is 5.69 Å². The Labute approximate surface area is 165 Å². The number of para-hydroxylation sites is 2. The molecule has 1 aliphatic heterocycles. The Balaban J connectivity index is 0.00000261. The van der Waals surface area contributed by atoms with Crippen LogP contribution in [0.4, 0.5) is 0 Å². The van der Waals surface area contributed by atoms with Gasteiger partial charge < -0.3 is 14.8 Å². The van der Waals surface area contributed by atoms with Crippen LogP contribution >= 0.6 is 12.4 Å². The highest BCUT2D eigenvalue weighted by molar-refractivity contribution is 7.89. The van der Waals surface area contributed by atoms with Gasteiger partial charge in [0.05, 0.1) is 31.6 Å². The molecule has 3 rings (SSSR count). The molecule has 1 unspecified atom stereocenters. The Hall–Kier alpha value is -1.65. The molecule has 1 atom stereocenters. The zero-order valence-electron chi connectivity index (χ0n) is 15.3. The lowest BCUT2D eigenvalue weighted by Crippen LogP contribution is -2.52. The Morgan fingerprint density at radius 3 is 2.78 bits per heavy atom. The van der Waals surface area contributed by atoms with Crippen molar-refractivity contribution in [3.8, 4) is 11.4 Å². The van der Waals surface area contributed by atoms with Crippen LogP contribution < -0.4 is 14.8 Å². The summed E-state index contributed by atoms with van der Waals surface area (Å²) in [6.45, 7) is 1.58. The van der Waals surface area contributed by atoms with Gasteiger partial charge in [0.15, 0.2) is 0 Å². The van der Waals surface area contributed by atoms with Crippen LogP contribution in [0.15, 0.2) is 41.6 Å². The van der Waals surface area contributed by atoms with Gasteiger partial charge in [0, 0.05) is 13.7 Å². The van der Waals surface area contributed by atoms with Crippen LogP contribution in [-0.4, -0.2) is 57.7 Å². The standard InChI is InChI=1S/C17H24N4O4S.ClH/c1-24-13-17(8-5-9-18-17)12-20-26(22,23)14-10-19-21(11-14)15-6-3-4-7-16(15)25-2;/h3-4,6-7,10-11,18,20H,5,8-9,12-13H2,1-2H3;1H. The number of benzene rings is 1. The van der Waals surface area contributed by atoms with Crippen molar-refractivity contribution >= 4 is 22.4 Å². The molecule has 27 heavy (non-hydrogen) atoms. The molecule has 0 bridgehead atoms. The number of methoxy groups -OCH3 is 2. The molecule has 1 aliphatic rings. The lowest BCUT2D eigenvalue weighted by Gasteiger charge is -2.28. The number of nitrogens with zero attached hydrogens (tertiary/aromatic N) is 2. The summed E-state index contributed by atoms with van der Waals surface area (Å²) in [6, 6.07) is 7.29. The number of halogens is 1. The fraction of sp³-hybridized carbons (Fsp3) is 0.471. The summed E-state index contributed by atoms with van der Waals surface area (Å²) in [4.78, 5) is 0.106. The predicted octanol–water partition coefficient (Wildman–Crippen LogP) is 1.35. The highest BCUT2D eigenvalue weighted by Crippen LogP contribution is 2.23. The molecule has 0 aliphatic carbocycles. The summed E-state index contributed by atoms with van der Waals surface area (Å²) in [5, 5.41) is 7.52. The number of ether oxygens (including phenoxy) is 2. The maximum absolute atomic E-state index is 12.7. The van der Waals surface area contributed by atoms with E-state index in [4.69, 9.17) is 9.47 Å². The molecule has 1 fully saturated rings. The maximum Gasteiger partial charge on any atom is 0.243 e. The number of hydrogen-bond donors (Lipinski definition) is 2. The van der Waals surface area contributed by atoms with Gasteiger partial charge in [-0.05, 0) is 31.5 Å². The van der Waals surface area contributed by atoms with Gasteiger partial charge in [0.2, 0.25) is 10.0 Å². The maximum atomic E-state index is 12.7. The van der Waals surface area contributed by atoms with E-state index < -0.39 is 10.0 Å². The summed E-state index contributed by atoms with van der Waals surface area (Å²) in [7, 11) is -0.501. The molecular weight excluding hydrogens is 392 g/mol. The molecule has 1 aromatic carbocycles. The van der Waals surface area contributed by atoms with Gasteiger partial charge in [-0.3, -0.25) is 0 Å². The summed E-state index contributed by atoms with van der Waals surface area (Å²) < 4.78 is 40.1. The van der Waals surface area contributed by atoms with E-state index in [1.54, 1.807) is 20.3 Å². The van der Waals surface area contributed by atoms with Gasteiger partial charge in [-0.25, -0.2) is 17.8 Å². The number of sulfonamides is 1. The van der Waals surface area contributed by atoms with Gasteiger partial charge in [0.25, 0.3) is 0 Å². The molecule has 0 saturated carbocycles. The van der Waals surface area contributed by atoms with Crippen molar-refractivity contribution in [2.75, 3.05) is 33.9 Å². The second-order valence-electron chi connectivity index (χ2n) is 6.36. The summed E-state index contributed by atoms with van der Waals surface area (Å²) >= 11 is 0. The Morgan fingerprint density at radius 2 is 2.11 bits per heavy atom. The SMILES string of the molecule is COCC1(CNS(=O)(=O)c2cnn(-c3ccccc3OC)c2)CCCN1.Cl. The number of aromatic nitrogens is 2. The third-order valence-corrected chi connectivity index (χ3v) is 5.91. The van der Waals surface area contributed by atoms with Gasteiger partial charge in [-0.15, -0.1) is 12.4 Å². The summed E-state index contributed by atoms with van der Waals surface area (Å²) in [5.74, 6) is 0.613. The number of nitrogens with one attached hydrogen (secondary N) is 2. The summed E-state index contributed by atoms with van der Waals surface area (Å²) in [5.41, 5.74) is 0.310. The van der Waals surface area contributed by atoms with E-state index in [-0.39, 0.29) is 29.4 Å². The summed E-state index contributed by atoms with van der Waals surface area (Å²) in [6.07, 6.45) is 4.67. The molecule has 0 spiro atoms. The number of hydrogen-bond acceptors (Lipinski definition) is 6. The highest BCUT2D eigenvalue weighted by Gasteiger charge is 2.35. The van der Waals surface area contributed by atoms with E-state index in [0.717, 1.165) is 19.4 Å². The number of rotatable bonds is 8. The van der Waals surface area contributed by atoms with Gasteiger partial charge in [-0.1, -0.05) is 12.1 Å². The lowest BCUT2D eigenvalue weighted by atomic mass is 9.99. The van der Waals surface area contributed by atoms with Crippen molar-refractivity contribution in [1.82, 2.24) is 19.8 Å². The van der Waals surface area contributed by atoms with Gasteiger partial charge in [0.1, 0.15) is 16.3 Å². The Kier molecular flexibility index (Phi) is 7.24. The zero-order chi connectivity index (χ0) is 18.6. The quantitative estimate of drug-likeness (QED) is 0.674. The minimum atomic E-state index is -3.68. The first-order chi connectivity index (χ1) is 12.5. The predicted molar refractivity (Wildman–Crippen MR) is 104 cm³/mol. The van der Waals surface area contributed by atoms with Gasteiger partial charge >= 0.3 is 0 Å². The first kappa shape index (κ1) is 21.6. The molecule has 2 N–H and O–H groups in total. The average molecular weight is 417 g/mol. The van der Waals surface area contributed by atoms with Crippen molar-refractivity contribution in [3.63, 3.8) is 0 Å². The van der Waals surface area contributed by atoms with Crippen LogP contribution in [0.5, 0.6) is 5.75 Å². The largest absolute Gasteiger partial charge is 0.494 e. The Bertz CT molecular complexity index is 850. The van der Waals surface area contributed by atoms with Crippen LogP contribution in [0.3, 0.4) is 0 Å². The van der Waals surface area contributed by atoms with E-state index in [2.05, 4.69) is 15.1 Å². The van der Waals surface area contributed by atoms with Crippen LogP contribution in [0.1, 0.15) is 12.8 Å². The first-order valence-electron chi connectivity index (χ1n) is 8.41. The van der Waals surface area contributed by atoms with E-state index in [9.17, 15) is 8.42 Å². The Morgan fingerprint density at radius 1 is 1.33 bits per heavy atom. The van der Waals surface area contributed by atoms with E-state index >= 15 is 0 Å². The van der Waals surface area contributed by atoms with Gasteiger partial charge in [-0.2, -0.15) is 5.10 Å². The molecule has 2 aromatic rings.